The van der Waals surface area contributed by atoms with E-state index in [1.54, 1.807) is 24.3 Å². The predicted octanol–water partition coefficient (Wildman–Crippen LogP) is 7.22. The van der Waals surface area contributed by atoms with Crippen LogP contribution in [0.1, 0.15) is 34.7 Å². The number of aryl methyl sites for hydroxylation is 1. The van der Waals surface area contributed by atoms with Crippen molar-refractivity contribution >= 4 is 10.8 Å². The van der Waals surface area contributed by atoms with Crippen LogP contribution < -0.4 is 4.74 Å². The second-order valence-electron chi connectivity index (χ2n) is 7.56. The summed E-state index contributed by atoms with van der Waals surface area (Å²) in [5.74, 6) is 6.69. The smallest absolute Gasteiger partial charge is 0.387 e. The topological polar surface area (TPSA) is 9.23 Å². The number of ether oxygens (including phenoxy) is 1. The Bertz CT molecular complexity index is 1490. The number of fused-ring (bicyclic) bond motifs is 1. The third-order valence-electron chi connectivity index (χ3n) is 5.21. The standard InChI is InChI=1S/C29H17F5O/c1-2-18-3-5-19(6-4-18)7-8-20-10-14-24-23(15-20)13-12-22(27(24)32)11-9-21-16-25(30)28(26(31)17-21)35-29(33)34/h3-6,10,12-17,29H,2H2,1H3. The molecule has 0 aliphatic heterocycles. The van der Waals surface area contributed by atoms with Crippen LogP contribution >= 0.6 is 0 Å². The van der Waals surface area contributed by atoms with E-state index in [0.717, 1.165) is 24.1 Å². The maximum Gasteiger partial charge on any atom is 0.387 e. The highest BCUT2D eigenvalue weighted by molar-refractivity contribution is 5.86. The van der Waals surface area contributed by atoms with E-state index in [9.17, 15) is 17.6 Å². The van der Waals surface area contributed by atoms with Gasteiger partial charge in [0.1, 0.15) is 5.82 Å². The minimum Gasteiger partial charge on any atom is -0.429 e. The Morgan fingerprint density at radius 1 is 0.714 bits per heavy atom. The van der Waals surface area contributed by atoms with Crippen molar-refractivity contribution in [3.05, 3.63) is 112 Å². The zero-order valence-corrected chi connectivity index (χ0v) is 18.4. The van der Waals surface area contributed by atoms with E-state index in [2.05, 4.69) is 35.3 Å². The van der Waals surface area contributed by atoms with Crippen molar-refractivity contribution in [1.29, 1.82) is 0 Å². The molecular weight excluding hydrogens is 459 g/mol. The second kappa shape index (κ2) is 10.3. The lowest BCUT2D eigenvalue weighted by Gasteiger charge is -2.07. The van der Waals surface area contributed by atoms with Crippen LogP contribution in [-0.2, 0) is 6.42 Å². The van der Waals surface area contributed by atoms with Crippen LogP contribution in [0.25, 0.3) is 10.8 Å². The Hall–Kier alpha value is -4.29. The van der Waals surface area contributed by atoms with Crippen molar-refractivity contribution in [2.75, 3.05) is 0 Å². The number of hydrogen-bond donors (Lipinski definition) is 0. The van der Waals surface area contributed by atoms with Gasteiger partial charge in [-0.3, -0.25) is 0 Å². The van der Waals surface area contributed by atoms with Crippen molar-refractivity contribution < 1.29 is 26.7 Å². The highest BCUT2D eigenvalue weighted by Crippen LogP contribution is 2.25. The number of benzene rings is 4. The van der Waals surface area contributed by atoms with Crippen molar-refractivity contribution in [2.24, 2.45) is 0 Å². The van der Waals surface area contributed by atoms with Crippen LogP contribution in [0.15, 0.2) is 66.7 Å². The van der Waals surface area contributed by atoms with Gasteiger partial charge in [0, 0.05) is 22.1 Å². The largest absolute Gasteiger partial charge is 0.429 e. The summed E-state index contributed by atoms with van der Waals surface area (Å²) < 4.78 is 71.1. The predicted molar refractivity (Wildman–Crippen MR) is 125 cm³/mol. The van der Waals surface area contributed by atoms with Crippen LogP contribution in [0.5, 0.6) is 5.75 Å². The van der Waals surface area contributed by atoms with Crippen LogP contribution in [-0.4, -0.2) is 6.61 Å². The van der Waals surface area contributed by atoms with E-state index in [1.165, 1.54) is 11.6 Å². The average Bonchev–Trinajstić information content (AvgIpc) is 2.84. The summed E-state index contributed by atoms with van der Waals surface area (Å²) >= 11 is 0. The molecule has 0 fully saturated rings. The normalized spacial score (nSPS) is 10.5. The molecule has 0 heterocycles. The maximum absolute atomic E-state index is 15.0. The van der Waals surface area contributed by atoms with E-state index < -0.39 is 29.8 Å². The van der Waals surface area contributed by atoms with E-state index >= 15 is 4.39 Å². The number of rotatable bonds is 3. The summed E-state index contributed by atoms with van der Waals surface area (Å²) in [7, 11) is 0. The number of hydrogen-bond acceptors (Lipinski definition) is 1. The summed E-state index contributed by atoms with van der Waals surface area (Å²) in [6.07, 6.45) is 0.951. The summed E-state index contributed by atoms with van der Waals surface area (Å²) in [6, 6.07) is 17.6. The van der Waals surface area contributed by atoms with Gasteiger partial charge in [-0.05, 0) is 59.8 Å². The Balaban J connectivity index is 1.60. The summed E-state index contributed by atoms with van der Waals surface area (Å²) in [6.45, 7) is -1.29. The Morgan fingerprint density at radius 3 is 2.00 bits per heavy atom. The molecule has 4 aromatic rings. The first-order chi connectivity index (χ1) is 16.8. The molecule has 1 nitrogen and oxygen atoms in total. The molecule has 35 heavy (non-hydrogen) atoms. The van der Waals surface area contributed by atoms with Gasteiger partial charge in [0.15, 0.2) is 17.4 Å². The maximum atomic E-state index is 15.0. The van der Waals surface area contributed by atoms with Gasteiger partial charge >= 0.3 is 6.61 Å². The summed E-state index contributed by atoms with van der Waals surface area (Å²) in [5.41, 5.74) is 2.68. The lowest BCUT2D eigenvalue weighted by Crippen LogP contribution is -2.06. The van der Waals surface area contributed by atoms with Crippen LogP contribution in [0.3, 0.4) is 0 Å². The zero-order chi connectivity index (χ0) is 24.9. The molecule has 0 aliphatic rings. The van der Waals surface area contributed by atoms with Gasteiger partial charge in [-0.25, -0.2) is 13.2 Å². The molecule has 4 rings (SSSR count). The van der Waals surface area contributed by atoms with Gasteiger partial charge in [-0.15, -0.1) is 0 Å². The molecular formula is C29H17F5O. The van der Waals surface area contributed by atoms with Crippen molar-refractivity contribution in [2.45, 2.75) is 20.0 Å². The third-order valence-corrected chi connectivity index (χ3v) is 5.21. The minimum absolute atomic E-state index is 0.0149. The molecule has 0 saturated heterocycles. The molecule has 4 aromatic carbocycles. The first-order valence-electron chi connectivity index (χ1n) is 10.6. The molecule has 6 heteroatoms. The van der Waals surface area contributed by atoms with Gasteiger partial charge in [0.05, 0.1) is 5.56 Å². The van der Waals surface area contributed by atoms with Crippen molar-refractivity contribution in [1.82, 2.24) is 0 Å². The monoisotopic (exact) mass is 476 g/mol. The second-order valence-corrected chi connectivity index (χ2v) is 7.56. The highest BCUT2D eigenvalue weighted by atomic mass is 19.3. The Kier molecular flexibility index (Phi) is 7.03. The van der Waals surface area contributed by atoms with Crippen molar-refractivity contribution in [3.8, 4) is 29.4 Å². The molecule has 0 aliphatic carbocycles. The molecule has 0 aromatic heterocycles. The quantitative estimate of drug-likeness (QED) is 0.224. The molecule has 0 atom stereocenters. The van der Waals surface area contributed by atoms with Crippen LogP contribution in [0.2, 0.25) is 0 Å². The zero-order valence-electron chi connectivity index (χ0n) is 18.4. The fourth-order valence-corrected chi connectivity index (χ4v) is 3.41. The third kappa shape index (κ3) is 5.62. The average molecular weight is 476 g/mol. The molecule has 0 bridgehead atoms. The lowest BCUT2D eigenvalue weighted by molar-refractivity contribution is -0.0546. The van der Waals surface area contributed by atoms with Gasteiger partial charge in [0.25, 0.3) is 0 Å². The first kappa shape index (κ1) is 23.9. The first-order valence-corrected chi connectivity index (χ1v) is 10.6. The van der Waals surface area contributed by atoms with E-state index in [0.29, 0.717) is 16.3 Å². The molecule has 0 unspecified atom stereocenters. The summed E-state index contributed by atoms with van der Waals surface area (Å²) in [5, 5.41) is 0.930. The molecule has 0 spiro atoms. The van der Waals surface area contributed by atoms with E-state index in [-0.39, 0.29) is 11.1 Å². The highest BCUT2D eigenvalue weighted by Gasteiger charge is 2.16. The van der Waals surface area contributed by atoms with Crippen LogP contribution in [0, 0.1) is 41.1 Å². The molecule has 174 valence electrons. The summed E-state index contributed by atoms with van der Waals surface area (Å²) in [4.78, 5) is 0. The Morgan fingerprint density at radius 2 is 1.34 bits per heavy atom. The fraction of sp³-hybridized carbons (Fsp3) is 0.103. The van der Waals surface area contributed by atoms with Gasteiger partial charge in [0.2, 0.25) is 0 Å². The molecule has 0 radical (unpaired) electrons. The van der Waals surface area contributed by atoms with E-state index in [1.807, 2.05) is 24.3 Å². The Labute approximate surface area is 199 Å². The number of halogens is 5. The lowest BCUT2D eigenvalue weighted by atomic mass is 10.0. The van der Waals surface area contributed by atoms with Crippen molar-refractivity contribution in [3.63, 3.8) is 0 Å². The molecule has 0 saturated carbocycles. The van der Waals surface area contributed by atoms with Gasteiger partial charge < -0.3 is 4.74 Å². The van der Waals surface area contributed by atoms with Crippen LogP contribution in [0.4, 0.5) is 22.0 Å². The molecule has 0 N–H and O–H groups in total. The SMILES string of the molecule is CCc1ccc(C#Cc2ccc3c(F)c(C#Cc4cc(F)c(OC(F)F)c(F)c4)ccc3c2)cc1. The molecule has 0 amide bonds. The fourth-order valence-electron chi connectivity index (χ4n) is 3.41. The number of alkyl halides is 2. The van der Waals surface area contributed by atoms with E-state index in [4.69, 9.17) is 0 Å². The van der Waals surface area contributed by atoms with Gasteiger partial charge in [-0.2, -0.15) is 8.78 Å². The van der Waals surface area contributed by atoms with Gasteiger partial charge in [-0.1, -0.05) is 54.9 Å². The minimum atomic E-state index is -3.37.